The Morgan fingerprint density at radius 3 is 2.83 bits per heavy atom. The first kappa shape index (κ1) is 17.5. The molecule has 0 saturated heterocycles. The highest BCUT2D eigenvalue weighted by Crippen LogP contribution is 2.30. The second-order valence-electron chi connectivity index (χ2n) is 4.72. The average Bonchev–Trinajstić information content (AvgIpc) is 3.02. The minimum atomic E-state index is -0.227. The van der Waals surface area contributed by atoms with Gasteiger partial charge >= 0.3 is 0 Å². The van der Waals surface area contributed by atoms with E-state index in [1.165, 1.54) is 23.1 Å². The maximum absolute atomic E-state index is 12.7. The summed E-state index contributed by atoms with van der Waals surface area (Å²) in [7, 11) is 0. The van der Waals surface area contributed by atoms with Crippen molar-refractivity contribution in [1.29, 1.82) is 0 Å². The van der Waals surface area contributed by atoms with E-state index >= 15 is 0 Å². The van der Waals surface area contributed by atoms with Gasteiger partial charge in [-0.05, 0) is 26.0 Å². The highest BCUT2D eigenvalue weighted by atomic mass is 32.2. The summed E-state index contributed by atoms with van der Waals surface area (Å²) in [5.74, 6) is 0.0690. The van der Waals surface area contributed by atoms with Crippen LogP contribution in [0.15, 0.2) is 47.3 Å². The third-order valence-electron chi connectivity index (χ3n) is 3.08. The summed E-state index contributed by atoms with van der Waals surface area (Å²) in [6.45, 7) is 8.81. The van der Waals surface area contributed by atoms with Crippen LogP contribution in [0.2, 0.25) is 0 Å². The Hall–Kier alpha value is -1.86. The predicted molar refractivity (Wildman–Crippen MR) is 98.4 cm³/mol. The van der Waals surface area contributed by atoms with E-state index in [-0.39, 0.29) is 11.2 Å². The third kappa shape index (κ3) is 4.80. The van der Waals surface area contributed by atoms with E-state index in [1.54, 1.807) is 11.0 Å². The second kappa shape index (κ2) is 8.69. The fourth-order valence-electron chi connectivity index (χ4n) is 1.98. The maximum Gasteiger partial charge on any atom is 0.240 e. The van der Waals surface area contributed by atoms with E-state index < -0.39 is 0 Å². The minimum absolute atomic E-state index is 0.0690. The van der Waals surface area contributed by atoms with Gasteiger partial charge in [-0.2, -0.15) is 0 Å². The van der Waals surface area contributed by atoms with E-state index in [0.29, 0.717) is 13.1 Å². The Kier molecular flexibility index (Phi) is 6.61. The number of nitrogens with zero attached hydrogens (tertiary/aromatic N) is 3. The van der Waals surface area contributed by atoms with Crippen LogP contribution in [0.1, 0.15) is 13.8 Å². The molecule has 0 radical (unpaired) electrons. The number of anilines is 2. The first-order valence-corrected chi connectivity index (χ1v) is 9.06. The smallest absolute Gasteiger partial charge is 0.240 e. The molecule has 0 aliphatic heterocycles. The topological polar surface area (TPSA) is 58.1 Å². The number of nitrogens with one attached hydrogen (secondary N) is 1. The molecule has 1 aromatic heterocycles. The summed E-state index contributed by atoms with van der Waals surface area (Å²) >= 11 is 2.88. The quantitative estimate of drug-likeness (QED) is 0.583. The molecule has 1 atom stereocenters. The molecule has 2 rings (SSSR count). The molecule has 7 heteroatoms. The van der Waals surface area contributed by atoms with Gasteiger partial charge in [-0.1, -0.05) is 47.4 Å². The van der Waals surface area contributed by atoms with Crippen molar-refractivity contribution in [1.82, 2.24) is 10.2 Å². The average molecular weight is 348 g/mol. The normalized spacial score (nSPS) is 11.7. The molecule has 1 aromatic carbocycles. The number of hydrogen-bond donors (Lipinski definition) is 1. The largest absolute Gasteiger partial charge is 0.357 e. The molecule has 0 unspecified atom stereocenters. The number of rotatable bonds is 8. The van der Waals surface area contributed by atoms with Gasteiger partial charge in [0, 0.05) is 18.8 Å². The van der Waals surface area contributed by atoms with Crippen LogP contribution in [0, 0.1) is 0 Å². The Balaban J connectivity index is 2.01. The van der Waals surface area contributed by atoms with Gasteiger partial charge in [-0.15, -0.1) is 16.8 Å². The fourth-order valence-corrected chi connectivity index (χ4v) is 3.95. The van der Waals surface area contributed by atoms with Crippen LogP contribution in [0.3, 0.4) is 0 Å². The summed E-state index contributed by atoms with van der Waals surface area (Å²) in [6, 6.07) is 9.71. The Bertz CT molecular complexity index is 645. The number of thioether (sulfide) groups is 1. The zero-order valence-electron chi connectivity index (χ0n) is 13.2. The Morgan fingerprint density at radius 1 is 1.43 bits per heavy atom. The lowest BCUT2D eigenvalue weighted by atomic mass is 10.2. The number of aromatic nitrogens is 2. The second-order valence-corrected chi connectivity index (χ2v) is 7.29. The van der Waals surface area contributed by atoms with Crippen LogP contribution in [0.4, 0.5) is 10.8 Å². The first-order valence-electron chi connectivity index (χ1n) is 7.37. The van der Waals surface area contributed by atoms with Crippen LogP contribution in [-0.2, 0) is 4.79 Å². The molecular formula is C16H20N4OS2. The lowest BCUT2D eigenvalue weighted by Gasteiger charge is -2.23. The van der Waals surface area contributed by atoms with Crippen LogP contribution >= 0.6 is 23.1 Å². The maximum atomic E-state index is 12.7. The van der Waals surface area contributed by atoms with Crippen LogP contribution in [0.5, 0.6) is 0 Å². The van der Waals surface area contributed by atoms with Crippen molar-refractivity contribution in [3.63, 3.8) is 0 Å². The van der Waals surface area contributed by atoms with E-state index in [0.717, 1.165) is 15.2 Å². The van der Waals surface area contributed by atoms with Gasteiger partial charge in [0.25, 0.3) is 0 Å². The lowest BCUT2D eigenvalue weighted by Crippen LogP contribution is -2.36. The van der Waals surface area contributed by atoms with Crippen molar-refractivity contribution < 1.29 is 4.79 Å². The zero-order chi connectivity index (χ0) is 16.7. The van der Waals surface area contributed by atoms with Crippen LogP contribution < -0.4 is 10.2 Å². The van der Waals surface area contributed by atoms with Crippen LogP contribution in [-0.4, -0.2) is 34.4 Å². The van der Waals surface area contributed by atoms with Gasteiger partial charge in [0.1, 0.15) is 0 Å². The van der Waals surface area contributed by atoms with Crippen molar-refractivity contribution in [3.8, 4) is 0 Å². The molecule has 1 N–H and O–H groups in total. The highest BCUT2D eigenvalue weighted by molar-refractivity contribution is 8.02. The van der Waals surface area contributed by atoms with Crippen molar-refractivity contribution >= 4 is 39.8 Å². The van der Waals surface area contributed by atoms with E-state index in [1.807, 2.05) is 44.2 Å². The monoisotopic (exact) mass is 348 g/mol. The molecule has 0 aliphatic rings. The summed E-state index contributed by atoms with van der Waals surface area (Å²) in [5.41, 5.74) is 0.915. The first-order chi connectivity index (χ1) is 11.2. The van der Waals surface area contributed by atoms with E-state index in [4.69, 9.17) is 0 Å². The standard InChI is InChI=1S/C16H20N4OS2/c1-4-11-17-15-18-19-16(23-15)22-12(3)14(21)20(5-2)13-9-7-6-8-10-13/h4,6-10,12H,1,5,11H2,2-3H3,(H,17,18)/t12-/m0/s1. The number of carbonyl (C=O) groups excluding carboxylic acids is 1. The summed E-state index contributed by atoms with van der Waals surface area (Å²) in [6.07, 6.45) is 1.76. The van der Waals surface area contributed by atoms with Gasteiger partial charge in [0.2, 0.25) is 11.0 Å². The third-order valence-corrected chi connectivity index (χ3v) is 5.13. The molecule has 0 aliphatic carbocycles. The SMILES string of the molecule is C=CCNc1nnc(S[C@@H](C)C(=O)N(CC)c2ccccc2)s1. The van der Waals surface area contributed by atoms with Crippen molar-refractivity contribution in [2.45, 2.75) is 23.4 Å². The van der Waals surface area contributed by atoms with Crippen molar-refractivity contribution in [2.75, 3.05) is 23.3 Å². The van der Waals surface area contributed by atoms with E-state index in [9.17, 15) is 4.79 Å². The molecule has 122 valence electrons. The number of benzene rings is 1. The van der Waals surface area contributed by atoms with Crippen LogP contribution in [0.25, 0.3) is 0 Å². The molecular weight excluding hydrogens is 328 g/mol. The van der Waals surface area contributed by atoms with E-state index in [2.05, 4.69) is 22.1 Å². The summed E-state index contributed by atoms with van der Waals surface area (Å²) in [4.78, 5) is 14.5. The Labute approximate surface area is 144 Å². The Morgan fingerprint density at radius 2 is 2.17 bits per heavy atom. The van der Waals surface area contributed by atoms with Gasteiger partial charge in [0.05, 0.1) is 5.25 Å². The van der Waals surface area contributed by atoms with Gasteiger partial charge in [0.15, 0.2) is 4.34 Å². The summed E-state index contributed by atoms with van der Waals surface area (Å²) in [5, 5.41) is 11.8. The van der Waals surface area contributed by atoms with Gasteiger partial charge in [-0.3, -0.25) is 4.79 Å². The summed E-state index contributed by atoms with van der Waals surface area (Å²) < 4.78 is 0.779. The highest BCUT2D eigenvalue weighted by Gasteiger charge is 2.23. The minimum Gasteiger partial charge on any atom is -0.357 e. The fraction of sp³-hybridized carbons (Fsp3) is 0.312. The van der Waals surface area contributed by atoms with Crippen molar-refractivity contribution in [2.24, 2.45) is 0 Å². The molecule has 0 fully saturated rings. The number of hydrogen-bond acceptors (Lipinski definition) is 6. The molecule has 0 saturated carbocycles. The van der Waals surface area contributed by atoms with Gasteiger partial charge in [-0.25, -0.2) is 0 Å². The molecule has 0 bridgehead atoms. The predicted octanol–water partition coefficient (Wildman–Crippen LogP) is 3.67. The molecule has 5 nitrogen and oxygen atoms in total. The molecule has 23 heavy (non-hydrogen) atoms. The molecule has 0 spiro atoms. The molecule has 1 amide bonds. The number of carbonyl (C=O) groups is 1. The molecule has 1 heterocycles. The van der Waals surface area contributed by atoms with Gasteiger partial charge < -0.3 is 10.2 Å². The number of para-hydroxylation sites is 1. The van der Waals surface area contributed by atoms with Crippen molar-refractivity contribution in [3.05, 3.63) is 43.0 Å². The zero-order valence-corrected chi connectivity index (χ0v) is 14.9. The number of amides is 1. The lowest BCUT2D eigenvalue weighted by molar-refractivity contribution is -0.117. The molecule has 2 aromatic rings.